The van der Waals surface area contributed by atoms with E-state index in [9.17, 15) is 19.6 Å². The zero-order valence-corrected chi connectivity index (χ0v) is 18.5. The summed E-state index contributed by atoms with van der Waals surface area (Å²) in [6.45, 7) is -0.321. The molecule has 0 amide bonds. The molecule has 0 bridgehead atoms. The van der Waals surface area contributed by atoms with Crippen LogP contribution in [0.2, 0.25) is 0 Å². The van der Waals surface area contributed by atoms with E-state index in [1.807, 2.05) is 6.07 Å². The molecular formula is C27H21NO7. The molecule has 176 valence electrons. The van der Waals surface area contributed by atoms with Gasteiger partial charge in [0, 0.05) is 0 Å². The van der Waals surface area contributed by atoms with E-state index in [1.54, 1.807) is 91.0 Å². The molecular weight excluding hydrogens is 450 g/mol. The van der Waals surface area contributed by atoms with Crippen LogP contribution in [-0.2, 0) is 18.9 Å². The first-order valence-electron chi connectivity index (χ1n) is 10.9. The van der Waals surface area contributed by atoms with E-state index >= 15 is 0 Å². The summed E-state index contributed by atoms with van der Waals surface area (Å²) in [4.78, 5) is 37.9. The van der Waals surface area contributed by atoms with Crippen LogP contribution in [0.4, 0.5) is 0 Å². The highest BCUT2D eigenvalue weighted by molar-refractivity contribution is 5.91. The highest BCUT2D eigenvalue weighted by atomic mass is 16.6. The molecule has 0 spiro atoms. The zero-order chi connectivity index (χ0) is 24.6. The summed E-state index contributed by atoms with van der Waals surface area (Å²) in [6.07, 6.45) is -4.70. The lowest BCUT2D eigenvalue weighted by molar-refractivity contribution is -0.0437. The monoisotopic (exact) mass is 471 g/mol. The van der Waals surface area contributed by atoms with Gasteiger partial charge in [-0.1, -0.05) is 54.6 Å². The van der Waals surface area contributed by atoms with Crippen LogP contribution >= 0.6 is 0 Å². The Hall–Kier alpha value is -4.48. The van der Waals surface area contributed by atoms with Crippen molar-refractivity contribution >= 4 is 17.9 Å². The predicted octanol–water partition coefficient (Wildman–Crippen LogP) is 3.59. The molecule has 1 saturated heterocycles. The first kappa shape index (κ1) is 23.7. The molecule has 1 aliphatic heterocycles. The molecule has 0 radical (unpaired) electrons. The average molecular weight is 471 g/mol. The van der Waals surface area contributed by atoms with Crippen molar-refractivity contribution in [1.29, 1.82) is 5.26 Å². The quantitative estimate of drug-likeness (QED) is 0.380. The minimum Gasteiger partial charge on any atom is -0.459 e. The van der Waals surface area contributed by atoms with Crippen LogP contribution in [0.25, 0.3) is 0 Å². The van der Waals surface area contributed by atoms with Gasteiger partial charge in [-0.05, 0) is 36.4 Å². The van der Waals surface area contributed by atoms with Crippen LogP contribution in [0.3, 0.4) is 0 Å². The number of benzene rings is 3. The van der Waals surface area contributed by atoms with Crippen molar-refractivity contribution < 1.29 is 33.3 Å². The van der Waals surface area contributed by atoms with Gasteiger partial charge in [-0.15, -0.1) is 0 Å². The van der Waals surface area contributed by atoms with Gasteiger partial charge in [0.15, 0.2) is 18.3 Å². The molecule has 0 aliphatic carbocycles. The van der Waals surface area contributed by atoms with Gasteiger partial charge in [-0.25, -0.2) is 14.4 Å². The fourth-order valence-corrected chi connectivity index (χ4v) is 3.58. The third-order valence-corrected chi connectivity index (χ3v) is 5.33. The van der Waals surface area contributed by atoms with Gasteiger partial charge in [0.25, 0.3) is 0 Å². The van der Waals surface area contributed by atoms with Crippen LogP contribution in [0.1, 0.15) is 31.1 Å². The standard InChI is InChI=1S/C27H21NO7/c28-16-21-23(34-26(30)19-12-6-2-7-13-19)24(35-27(31)20-14-8-3-9-15-20)22(33-21)17-32-25(29)18-10-4-1-5-11-18/h1-15,21-24H,17H2/t21-,22+,23-,24-/m1/s1. The number of rotatable bonds is 7. The molecule has 0 N–H and O–H groups in total. The number of carbonyl (C=O) groups is 3. The average Bonchev–Trinajstić information content (AvgIpc) is 3.24. The van der Waals surface area contributed by atoms with E-state index in [0.717, 1.165) is 0 Å². The van der Waals surface area contributed by atoms with Gasteiger partial charge in [0.2, 0.25) is 0 Å². The number of nitrogens with zero attached hydrogens (tertiary/aromatic N) is 1. The molecule has 3 aromatic carbocycles. The van der Waals surface area contributed by atoms with Gasteiger partial charge in [-0.3, -0.25) is 0 Å². The lowest BCUT2D eigenvalue weighted by atomic mass is 10.1. The molecule has 0 unspecified atom stereocenters. The van der Waals surface area contributed by atoms with Crippen LogP contribution in [0, 0.1) is 11.3 Å². The molecule has 8 heteroatoms. The van der Waals surface area contributed by atoms with Crippen molar-refractivity contribution in [3.8, 4) is 6.07 Å². The Labute approximate surface area is 201 Å². The summed E-state index contributed by atoms with van der Waals surface area (Å²) < 4.78 is 22.3. The second kappa shape index (κ2) is 11.1. The molecule has 1 heterocycles. The van der Waals surface area contributed by atoms with E-state index in [-0.39, 0.29) is 17.7 Å². The Kier molecular flexibility index (Phi) is 7.50. The minimum atomic E-state index is -1.24. The second-order valence-electron chi connectivity index (χ2n) is 7.66. The van der Waals surface area contributed by atoms with E-state index in [4.69, 9.17) is 18.9 Å². The maximum Gasteiger partial charge on any atom is 0.338 e. The summed E-state index contributed by atoms with van der Waals surface area (Å²) in [5.41, 5.74) is 0.851. The van der Waals surface area contributed by atoms with E-state index in [1.165, 1.54) is 0 Å². The van der Waals surface area contributed by atoms with Gasteiger partial charge < -0.3 is 18.9 Å². The first-order chi connectivity index (χ1) is 17.1. The maximum atomic E-state index is 12.8. The fraction of sp³-hybridized carbons (Fsp3) is 0.185. The van der Waals surface area contributed by atoms with Crippen LogP contribution in [-0.4, -0.2) is 48.9 Å². The topological polar surface area (TPSA) is 112 Å². The first-order valence-corrected chi connectivity index (χ1v) is 10.9. The Balaban J connectivity index is 1.55. The molecule has 0 aromatic heterocycles. The van der Waals surface area contributed by atoms with Crippen molar-refractivity contribution in [2.45, 2.75) is 24.4 Å². The summed E-state index contributed by atoms with van der Waals surface area (Å²) >= 11 is 0. The Morgan fingerprint density at radius 1 is 0.686 bits per heavy atom. The van der Waals surface area contributed by atoms with Crippen LogP contribution in [0.5, 0.6) is 0 Å². The van der Waals surface area contributed by atoms with Crippen molar-refractivity contribution in [1.82, 2.24) is 0 Å². The molecule has 8 nitrogen and oxygen atoms in total. The normalized spacial score (nSPS) is 20.9. The van der Waals surface area contributed by atoms with Gasteiger partial charge in [0.1, 0.15) is 12.7 Å². The van der Waals surface area contributed by atoms with Gasteiger partial charge >= 0.3 is 17.9 Å². The maximum absolute atomic E-state index is 12.8. The third kappa shape index (κ3) is 5.72. The zero-order valence-electron chi connectivity index (χ0n) is 18.5. The number of carbonyl (C=O) groups excluding carboxylic acids is 3. The Morgan fingerprint density at radius 2 is 1.11 bits per heavy atom. The van der Waals surface area contributed by atoms with E-state index in [2.05, 4.69) is 0 Å². The number of ether oxygens (including phenoxy) is 4. The Morgan fingerprint density at radius 3 is 1.57 bits per heavy atom. The Bertz CT molecular complexity index is 1210. The van der Waals surface area contributed by atoms with Crippen molar-refractivity contribution in [2.24, 2.45) is 0 Å². The summed E-state index contributed by atoms with van der Waals surface area (Å²) in [5, 5.41) is 9.65. The molecule has 0 saturated carbocycles. The molecule has 4 rings (SSSR count). The SMILES string of the molecule is N#C[C@H]1O[C@@H](COC(=O)c2ccccc2)[C@@H](OC(=O)c2ccccc2)[C@@H]1OC(=O)c1ccccc1. The summed E-state index contributed by atoms with van der Waals surface area (Å²) in [5.74, 6) is -2.01. The predicted molar refractivity (Wildman–Crippen MR) is 122 cm³/mol. The van der Waals surface area contributed by atoms with E-state index in [0.29, 0.717) is 5.56 Å². The minimum absolute atomic E-state index is 0.260. The lowest BCUT2D eigenvalue weighted by Crippen LogP contribution is -2.41. The molecule has 4 atom stereocenters. The number of nitriles is 1. The second-order valence-corrected chi connectivity index (χ2v) is 7.66. The molecule has 3 aromatic rings. The van der Waals surface area contributed by atoms with Crippen molar-refractivity contribution in [3.05, 3.63) is 108 Å². The van der Waals surface area contributed by atoms with Crippen molar-refractivity contribution in [2.75, 3.05) is 6.61 Å². The van der Waals surface area contributed by atoms with Gasteiger partial charge in [0.05, 0.1) is 22.8 Å². The number of hydrogen-bond acceptors (Lipinski definition) is 8. The third-order valence-electron chi connectivity index (χ3n) is 5.33. The summed E-state index contributed by atoms with van der Waals surface area (Å²) in [6, 6.07) is 26.7. The number of hydrogen-bond donors (Lipinski definition) is 0. The fourth-order valence-electron chi connectivity index (χ4n) is 3.58. The number of esters is 3. The largest absolute Gasteiger partial charge is 0.459 e. The molecule has 1 aliphatic rings. The highest BCUT2D eigenvalue weighted by Gasteiger charge is 2.50. The smallest absolute Gasteiger partial charge is 0.338 e. The molecule has 1 fully saturated rings. The van der Waals surface area contributed by atoms with Crippen molar-refractivity contribution in [3.63, 3.8) is 0 Å². The van der Waals surface area contributed by atoms with Gasteiger partial charge in [-0.2, -0.15) is 5.26 Å². The van der Waals surface area contributed by atoms with E-state index < -0.39 is 42.3 Å². The van der Waals surface area contributed by atoms with Crippen LogP contribution < -0.4 is 0 Å². The van der Waals surface area contributed by atoms with Crippen LogP contribution in [0.15, 0.2) is 91.0 Å². The highest BCUT2D eigenvalue weighted by Crippen LogP contribution is 2.29. The molecule has 35 heavy (non-hydrogen) atoms. The lowest BCUT2D eigenvalue weighted by Gasteiger charge is -2.23. The summed E-state index contributed by atoms with van der Waals surface area (Å²) in [7, 11) is 0.